The number of hydrogen-bond acceptors (Lipinski definition) is 14. The average molecular weight is 846 g/mol. The Morgan fingerprint density at radius 3 is 1.98 bits per heavy atom. The Bertz CT molecular complexity index is 1790. The predicted octanol–water partition coefficient (Wildman–Crippen LogP) is -5.31. The van der Waals surface area contributed by atoms with Crippen LogP contribution in [0.2, 0.25) is 0 Å². The number of carbonyl (C=O) groups excluding carboxylic acids is 8. The lowest BCUT2D eigenvalue weighted by atomic mass is 10.0. The summed E-state index contributed by atoms with van der Waals surface area (Å²) in [6.45, 7) is 3.29. The van der Waals surface area contributed by atoms with Crippen LogP contribution in [0.5, 0.6) is 0 Å². The largest absolute Gasteiger partial charge is 0.481 e. The Morgan fingerprint density at radius 1 is 0.817 bits per heavy atom. The summed E-state index contributed by atoms with van der Waals surface area (Å²) in [4.78, 5) is 121. The van der Waals surface area contributed by atoms with Crippen molar-refractivity contribution in [2.75, 3.05) is 13.2 Å². The fourth-order valence-corrected chi connectivity index (χ4v) is 5.33. The summed E-state index contributed by atoms with van der Waals surface area (Å²) in [7, 11) is 0. The highest BCUT2D eigenvalue weighted by Gasteiger charge is 2.36. The van der Waals surface area contributed by atoms with Gasteiger partial charge >= 0.3 is 5.97 Å². The minimum absolute atomic E-state index is 0.0425. The molecule has 0 bridgehead atoms. The number of nitrogens with zero attached hydrogens (tertiary/aromatic N) is 1. The summed E-state index contributed by atoms with van der Waals surface area (Å²) in [6.07, 6.45) is 0.0312. The SMILES string of the molecule is C[C@@H](O)[C@H](NC(=O)CNC(=O)[C@H](CCC(=O)O)NC(=O)C(C)(C)NC(=O)[C@@H](N)Cc1c[nH]cn1)C(=O)N[C@@H](Cc1ccccc1)C(=O)N[C@H](C(=O)N[C@H]([C]=O)CO)[C@@H](C)O. The molecule has 1 radical (unpaired) electrons. The maximum Gasteiger partial charge on any atom is 0.303 e. The van der Waals surface area contributed by atoms with Crippen LogP contribution >= 0.6 is 0 Å². The van der Waals surface area contributed by atoms with E-state index >= 15 is 0 Å². The monoisotopic (exact) mass is 845 g/mol. The quantitative estimate of drug-likeness (QED) is 0.0444. The Balaban J connectivity index is 2.16. The van der Waals surface area contributed by atoms with Gasteiger partial charge in [-0.2, -0.15) is 0 Å². The standard InChI is InChI=1S/C37H53N10O13/c1-19(50)29(35(59)43-26(12-21-8-6-5-7-9-21)33(57)46-30(20(2)51)34(58)42-23(16-48)17-49)45-27(52)15-40-32(56)25(10-11-28(53)54)44-36(60)37(3,4)47-31(55)24(38)13-22-14-39-18-41-22/h5-9,14,18-20,23-26,29-30,48,50-51H,10-13,15-16,38H2,1-4H3,(H,39,41)(H,40,56)(H,42,58)(H,43,59)(H,44,60)(H,45,52)(H,46,57)(H,47,55)(H,53,54)/t19-,20-,23+,24+,25+,26+,29+,30+/m1/s1. The van der Waals surface area contributed by atoms with Gasteiger partial charge in [0.05, 0.1) is 43.4 Å². The van der Waals surface area contributed by atoms with Gasteiger partial charge in [-0.25, -0.2) is 4.98 Å². The molecule has 1 aromatic carbocycles. The van der Waals surface area contributed by atoms with E-state index in [4.69, 9.17) is 5.73 Å². The van der Waals surface area contributed by atoms with Crippen LogP contribution in [0.3, 0.4) is 0 Å². The number of benzene rings is 1. The zero-order valence-corrected chi connectivity index (χ0v) is 33.4. The highest BCUT2D eigenvalue weighted by Crippen LogP contribution is 2.09. The lowest BCUT2D eigenvalue weighted by molar-refractivity contribution is -0.139. The number of aromatic nitrogens is 2. The number of H-pyrrole nitrogens is 1. The molecule has 23 nitrogen and oxygen atoms in total. The number of aliphatic hydroxyl groups is 3. The van der Waals surface area contributed by atoms with E-state index in [0.717, 1.165) is 13.8 Å². The van der Waals surface area contributed by atoms with Crippen LogP contribution < -0.4 is 43.0 Å². The second-order valence-corrected chi connectivity index (χ2v) is 14.3. The van der Waals surface area contributed by atoms with Crippen molar-refractivity contribution in [3.63, 3.8) is 0 Å². The molecule has 0 saturated heterocycles. The van der Waals surface area contributed by atoms with Gasteiger partial charge in [-0.1, -0.05) is 30.3 Å². The third-order valence-corrected chi connectivity index (χ3v) is 8.72. The van der Waals surface area contributed by atoms with Crippen LogP contribution in [0.15, 0.2) is 42.9 Å². The van der Waals surface area contributed by atoms with Crippen LogP contribution in [0.25, 0.3) is 0 Å². The molecule has 0 unspecified atom stereocenters. The molecule has 1 aromatic heterocycles. The molecule has 0 fully saturated rings. The first-order valence-corrected chi connectivity index (χ1v) is 18.6. The van der Waals surface area contributed by atoms with Crippen LogP contribution in [0.4, 0.5) is 0 Å². The normalized spacial score (nSPS) is 15.2. The maximum atomic E-state index is 13.5. The molecule has 0 aliphatic heterocycles. The summed E-state index contributed by atoms with van der Waals surface area (Å²) in [5.41, 5.74) is 5.31. The molecule has 60 heavy (non-hydrogen) atoms. The van der Waals surface area contributed by atoms with Crippen molar-refractivity contribution in [2.24, 2.45) is 5.73 Å². The Labute approximate surface area is 344 Å². The third-order valence-electron chi connectivity index (χ3n) is 8.72. The molecular formula is C37H53N10O13. The first kappa shape index (κ1) is 49.8. The number of carboxylic acids is 1. The van der Waals surface area contributed by atoms with Gasteiger partial charge < -0.3 is 68.4 Å². The van der Waals surface area contributed by atoms with E-state index in [0.29, 0.717) is 11.3 Å². The zero-order chi connectivity index (χ0) is 45.2. The average Bonchev–Trinajstić information content (AvgIpc) is 3.70. The number of carboxylic acid groups (broad SMARTS) is 1. The van der Waals surface area contributed by atoms with E-state index < -0.39 is 127 Å². The van der Waals surface area contributed by atoms with Crippen LogP contribution in [-0.2, 0) is 56.0 Å². The smallest absolute Gasteiger partial charge is 0.303 e. The van der Waals surface area contributed by atoms with E-state index in [-0.39, 0.29) is 12.8 Å². The number of nitrogens with one attached hydrogen (secondary N) is 8. The van der Waals surface area contributed by atoms with E-state index in [1.54, 1.807) is 30.3 Å². The van der Waals surface area contributed by atoms with E-state index in [1.165, 1.54) is 32.7 Å². The highest BCUT2D eigenvalue weighted by atomic mass is 16.4. The van der Waals surface area contributed by atoms with Crippen molar-refractivity contribution in [1.82, 2.24) is 47.2 Å². The molecule has 23 heteroatoms. The summed E-state index contributed by atoms with van der Waals surface area (Å²) in [5, 5.41) is 55.3. The van der Waals surface area contributed by atoms with Crippen LogP contribution in [0, 0.1) is 0 Å². The molecule has 0 spiro atoms. The molecular weight excluding hydrogens is 792 g/mol. The molecule has 7 amide bonds. The van der Waals surface area contributed by atoms with Gasteiger partial charge in [0.25, 0.3) is 0 Å². The van der Waals surface area contributed by atoms with Gasteiger partial charge in [-0.05, 0) is 39.7 Å². The summed E-state index contributed by atoms with van der Waals surface area (Å²) < 4.78 is 0. The summed E-state index contributed by atoms with van der Waals surface area (Å²) >= 11 is 0. The third kappa shape index (κ3) is 16.5. The second kappa shape index (κ2) is 23.9. The topological polar surface area (TPSA) is 373 Å². The number of aliphatic carboxylic acids is 1. The fourth-order valence-electron chi connectivity index (χ4n) is 5.33. The molecule has 0 aliphatic carbocycles. The molecule has 2 aromatic rings. The van der Waals surface area contributed by atoms with Crippen molar-refractivity contribution in [3.05, 3.63) is 54.1 Å². The van der Waals surface area contributed by atoms with Crippen LogP contribution in [-0.4, -0.2) is 151 Å². The Morgan fingerprint density at radius 2 is 1.43 bits per heavy atom. The Kier molecular flexibility index (Phi) is 19.9. The van der Waals surface area contributed by atoms with E-state index in [1.807, 2.05) is 0 Å². The number of aromatic amines is 1. The number of nitrogens with two attached hydrogens (primary N) is 1. The molecule has 329 valence electrons. The lowest BCUT2D eigenvalue weighted by Gasteiger charge is -2.29. The summed E-state index contributed by atoms with van der Waals surface area (Å²) in [6, 6.07) is -0.752. The molecule has 0 saturated carbocycles. The number of aliphatic hydroxyl groups excluding tert-OH is 3. The first-order valence-electron chi connectivity index (χ1n) is 18.6. The number of carbonyl (C=O) groups is 8. The van der Waals surface area contributed by atoms with Crippen LogP contribution in [0.1, 0.15) is 51.8 Å². The molecule has 14 N–H and O–H groups in total. The van der Waals surface area contributed by atoms with Gasteiger partial charge in [0.2, 0.25) is 47.6 Å². The van der Waals surface area contributed by atoms with Crippen molar-refractivity contribution < 1.29 is 63.6 Å². The van der Waals surface area contributed by atoms with E-state index in [2.05, 4.69) is 47.2 Å². The zero-order valence-electron chi connectivity index (χ0n) is 33.4. The van der Waals surface area contributed by atoms with Crippen molar-refractivity contribution in [1.29, 1.82) is 0 Å². The molecule has 8 atom stereocenters. The van der Waals surface area contributed by atoms with E-state index in [9.17, 15) is 63.6 Å². The van der Waals surface area contributed by atoms with Crippen molar-refractivity contribution in [2.45, 2.75) is 107 Å². The number of rotatable bonds is 25. The van der Waals surface area contributed by atoms with Crippen molar-refractivity contribution >= 4 is 53.6 Å². The second-order valence-electron chi connectivity index (χ2n) is 14.3. The van der Waals surface area contributed by atoms with Gasteiger partial charge in [-0.3, -0.25) is 43.2 Å². The number of amides is 7. The lowest BCUT2D eigenvalue weighted by Crippen LogP contribution is -2.62. The van der Waals surface area contributed by atoms with Gasteiger partial charge in [-0.15, -0.1) is 0 Å². The Hall–Kier alpha value is -6.30. The molecule has 0 aliphatic rings. The van der Waals surface area contributed by atoms with Gasteiger partial charge in [0.1, 0.15) is 35.7 Å². The number of hydrogen-bond donors (Lipinski definition) is 13. The van der Waals surface area contributed by atoms with Gasteiger partial charge in [0, 0.05) is 25.5 Å². The van der Waals surface area contributed by atoms with Crippen molar-refractivity contribution in [3.8, 4) is 0 Å². The minimum atomic E-state index is -1.74. The van der Waals surface area contributed by atoms with Gasteiger partial charge in [0.15, 0.2) is 0 Å². The number of imidazole rings is 1. The summed E-state index contributed by atoms with van der Waals surface area (Å²) in [5.74, 6) is -8.11. The minimum Gasteiger partial charge on any atom is -0.481 e. The fraction of sp³-hybridized carbons (Fsp3) is 0.514. The molecule has 1 heterocycles. The predicted molar refractivity (Wildman–Crippen MR) is 208 cm³/mol. The highest BCUT2D eigenvalue weighted by molar-refractivity contribution is 5.97. The molecule has 2 rings (SSSR count). The first-order chi connectivity index (χ1) is 28.2. The maximum absolute atomic E-state index is 13.5.